The van der Waals surface area contributed by atoms with Crippen molar-refractivity contribution in [2.75, 3.05) is 17.2 Å². The molecule has 2 rings (SSSR count). The molecule has 2 N–H and O–H groups in total. The highest BCUT2D eigenvalue weighted by Gasteiger charge is 2.24. The van der Waals surface area contributed by atoms with E-state index in [4.69, 9.17) is 5.73 Å². The molecule has 1 aliphatic rings. The van der Waals surface area contributed by atoms with Gasteiger partial charge in [-0.3, -0.25) is 0 Å². The second-order valence-corrected chi connectivity index (χ2v) is 4.41. The lowest BCUT2D eigenvalue weighted by Gasteiger charge is -2.27. The lowest BCUT2D eigenvalue weighted by atomic mass is 10.1. The van der Waals surface area contributed by atoms with Crippen LogP contribution in [0.4, 0.5) is 11.4 Å². The van der Waals surface area contributed by atoms with Crippen molar-refractivity contribution in [3.8, 4) is 0 Å². The minimum Gasteiger partial charge on any atom is -0.397 e. The average Bonchev–Trinajstić information content (AvgIpc) is 2.70. The highest BCUT2D eigenvalue weighted by Crippen LogP contribution is 2.32. The Morgan fingerprint density at radius 2 is 2.27 bits per heavy atom. The SMILES string of the molecule is CCC1CCCN1c1cccc(C)c1N. The van der Waals surface area contributed by atoms with Crippen molar-refractivity contribution in [2.45, 2.75) is 39.2 Å². The van der Waals surface area contributed by atoms with Gasteiger partial charge in [-0.15, -0.1) is 0 Å². The molecule has 0 bridgehead atoms. The van der Waals surface area contributed by atoms with Crippen molar-refractivity contribution in [1.29, 1.82) is 0 Å². The Morgan fingerprint density at radius 1 is 1.47 bits per heavy atom. The summed E-state index contributed by atoms with van der Waals surface area (Å²) in [5, 5.41) is 0. The van der Waals surface area contributed by atoms with Crippen molar-refractivity contribution in [3.63, 3.8) is 0 Å². The Kier molecular flexibility index (Phi) is 2.85. The van der Waals surface area contributed by atoms with Crippen LogP contribution in [-0.4, -0.2) is 12.6 Å². The number of rotatable bonds is 2. The molecule has 82 valence electrons. The molecule has 1 heterocycles. The van der Waals surface area contributed by atoms with Gasteiger partial charge in [-0.2, -0.15) is 0 Å². The summed E-state index contributed by atoms with van der Waals surface area (Å²) in [4.78, 5) is 2.47. The first-order chi connectivity index (χ1) is 7.24. The number of nitrogens with two attached hydrogens (primary N) is 1. The number of nitrogen functional groups attached to an aromatic ring is 1. The van der Waals surface area contributed by atoms with Crippen LogP contribution in [0.5, 0.6) is 0 Å². The van der Waals surface area contributed by atoms with Crippen LogP contribution in [0.15, 0.2) is 18.2 Å². The Hall–Kier alpha value is -1.18. The first-order valence-corrected chi connectivity index (χ1v) is 5.85. The van der Waals surface area contributed by atoms with E-state index in [2.05, 4.69) is 36.9 Å². The van der Waals surface area contributed by atoms with Gasteiger partial charge in [0.2, 0.25) is 0 Å². The third kappa shape index (κ3) is 1.81. The Labute approximate surface area is 92.1 Å². The van der Waals surface area contributed by atoms with Crippen molar-refractivity contribution >= 4 is 11.4 Å². The standard InChI is InChI=1S/C13H20N2/c1-3-11-7-5-9-15(11)12-8-4-6-10(2)13(12)14/h4,6,8,11H,3,5,7,9,14H2,1-2H3. The van der Waals surface area contributed by atoms with Crippen LogP contribution in [0, 0.1) is 6.92 Å². The highest BCUT2D eigenvalue weighted by molar-refractivity contribution is 5.71. The molecule has 0 amide bonds. The van der Waals surface area contributed by atoms with E-state index in [0.29, 0.717) is 6.04 Å². The fourth-order valence-corrected chi connectivity index (χ4v) is 2.49. The van der Waals surface area contributed by atoms with Gasteiger partial charge in [0, 0.05) is 12.6 Å². The fraction of sp³-hybridized carbons (Fsp3) is 0.538. The van der Waals surface area contributed by atoms with Gasteiger partial charge < -0.3 is 10.6 Å². The minimum absolute atomic E-state index is 0.689. The molecule has 0 aliphatic carbocycles. The van der Waals surface area contributed by atoms with E-state index in [1.807, 2.05) is 0 Å². The molecule has 1 fully saturated rings. The normalized spacial score (nSPS) is 20.9. The largest absolute Gasteiger partial charge is 0.397 e. The topological polar surface area (TPSA) is 29.3 Å². The van der Waals surface area contributed by atoms with Crippen molar-refractivity contribution in [3.05, 3.63) is 23.8 Å². The lowest BCUT2D eigenvalue weighted by Crippen LogP contribution is -2.29. The summed E-state index contributed by atoms with van der Waals surface area (Å²) in [7, 11) is 0. The molecular weight excluding hydrogens is 184 g/mol. The number of anilines is 2. The number of hydrogen-bond acceptors (Lipinski definition) is 2. The number of hydrogen-bond donors (Lipinski definition) is 1. The van der Waals surface area contributed by atoms with Crippen molar-refractivity contribution < 1.29 is 0 Å². The van der Waals surface area contributed by atoms with Gasteiger partial charge in [0.15, 0.2) is 0 Å². The van der Waals surface area contributed by atoms with E-state index >= 15 is 0 Å². The monoisotopic (exact) mass is 204 g/mol. The van der Waals surface area contributed by atoms with Crippen LogP contribution < -0.4 is 10.6 Å². The Bertz CT molecular complexity index is 346. The summed E-state index contributed by atoms with van der Waals surface area (Å²) in [6, 6.07) is 7.02. The van der Waals surface area contributed by atoms with Gasteiger partial charge in [0.1, 0.15) is 0 Å². The van der Waals surface area contributed by atoms with Gasteiger partial charge in [-0.1, -0.05) is 19.1 Å². The zero-order valence-corrected chi connectivity index (χ0v) is 9.66. The summed E-state index contributed by atoms with van der Waals surface area (Å²) < 4.78 is 0. The molecular formula is C13H20N2. The van der Waals surface area contributed by atoms with E-state index in [1.165, 1.54) is 30.5 Å². The smallest absolute Gasteiger partial charge is 0.0605 e. The van der Waals surface area contributed by atoms with Gasteiger partial charge in [-0.25, -0.2) is 0 Å². The fourth-order valence-electron chi connectivity index (χ4n) is 2.49. The van der Waals surface area contributed by atoms with Crippen LogP contribution in [-0.2, 0) is 0 Å². The maximum Gasteiger partial charge on any atom is 0.0605 e. The predicted molar refractivity (Wildman–Crippen MR) is 66.3 cm³/mol. The predicted octanol–water partition coefficient (Wildman–Crippen LogP) is 2.96. The summed E-state index contributed by atoms with van der Waals surface area (Å²) >= 11 is 0. The van der Waals surface area contributed by atoms with Gasteiger partial charge in [0.25, 0.3) is 0 Å². The zero-order valence-electron chi connectivity index (χ0n) is 9.66. The molecule has 1 unspecified atom stereocenters. The van der Waals surface area contributed by atoms with Crippen LogP contribution in [0.25, 0.3) is 0 Å². The molecule has 1 saturated heterocycles. The number of aryl methyl sites for hydroxylation is 1. The molecule has 0 saturated carbocycles. The molecule has 15 heavy (non-hydrogen) atoms. The molecule has 1 atom stereocenters. The second kappa shape index (κ2) is 4.13. The average molecular weight is 204 g/mol. The Morgan fingerprint density at radius 3 is 3.00 bits per heavy atom. The van der Waals surface area contributed by atoms with Crippen molar-refractivity contribution in [1.82, 2.24) is 0 Å². The molecule has 0 aromatic heterocycles. The number of nitrogens with zero attached hydrogens (tertiary/aromatic N) is 1. The third-order valence-electron chi connectivity index (χ3n) is 3.46. The Balaban J connectivity index is 2.32. The number of para-hydroxylation sites is 1. The van der Waals surface area contributed by atoms with Crippen LogP contribution >= 0.6 is 0 Å². The lowest BCUT2D eigenvalue weighted by molar-refractivity contribution is 0.646. The first kappa shape index (κ1) is 10.3. The summed E-state index contributed by atoms with van der Waals surface area (Å²) in [5.41, 5.74) is 9.52. The van der Waals surface area contributed by atoms with Crippen LogP contribution in [0.1, 0.15) is 31.7 Å². The van der Waals surface area contributed by atoms with E-state index in [0.717, 1.165) is 12.2 Å². The third-order valence-corrected chi connectivity index (χ3v) is 3.46. The maximum absolute atomic E-state index is 6.14. The highest BCUT2D eigenvalue weighted by atomic mass is 15.2. The second-order valence-electron chi connectivity index (χ2n) is 4.41. The molecule has 2 nitrogen and oxygen atoms in total. The van der Waals surface area contributed by atoms with E-state index < -0.39 is 0 Å². The summed E-state index contributed by atoms with van der Waals surface area (Å²) in [6.07, 6.45) is 3.82. The van der Waals surface area contributed by atoms with Gasteiger partial charge in [0.05, 0.1) is 11.4 Å². The molecule has 1 aromatic carbocycles. The summed E-state index contributed by atoms with van der Waals surface area (Å²) in [5.74, 6) is 0. The zero-order chi connectivity index (χ0) is 10.8. The first-order valence-electron chi connectivity index (χ1n) is 5.85. The van der Waals surface area contributed by atoms with Gasteiger partial charge in [-0.05, 0) is 37.8 Å². The molecule has 0 radical (unpaired) electrons. The van der Waals surface area contributed by atoms with Crippen LogP contribution in [0.3, 0.4) is 0 Å². The number of benzene rings is 1. The quantitative estimate of drug-likeness (QED) is 0.750. The van der Waals surface area contributed by atoms with Crippen LogP contribution in [0.2, 0.25) is 0 Å². The molecule has 1 aliphatic heterocycles. The molecule has 0 spiro atoms. The van der Waals surface area contributed by atoms with Gasteiger partial charge >= 0.3 is 0 Å². The maximum atomic E-state index is 6.14. The molecule has 1 aromatic rings. The molecule has 2 heteroatoms. The van der Waals surface area contributed by atoms with E-state index in [1.54, 1.807) is 0 Å². The minimum atomic E-state index is 0.689. The van der Waals surface area contributed by atoms with Crippen molar-refractivity contribution in [2.24, 2.45) is 0 Å². The van der Waals surface area contributed by atoms with E-state index in [-0.39, 0.29) is 0 Å². The van der Waals surface area contributed by atoms with E-state index in [9.17, 15) is 0 Å². The summed E-state index contributed by atoms with van der Waals surface area (Å²) in [6.45, 7) is 5.50.